The largest absolute Gasteiger partial charge is 0.508 e. The van der Waals surface area contributed by atoms with Crippen molar-refractivity contribution in [2.45, 2.75) is 19.9 Å². The number of fused-ring (bicyclic) bond motifs is 1. The van der Waals surface area contributed by atoms with Crippen LogP contribution >= 0.6 is 15.9 Å². The monoisotopic (exact) mass is 517 g/mol. The molecule has 0 spiro atoms. The Kier molecular flexibility index (Phi) is 5.29. The maximum absolute atomic E-state index is 13.7. The van der Waals surface area contributed by atoms with Crippen LogP contribution in [0.25, 0.3) is 11.0 Å². The lowest BCUT2D eigenvalue weighted by molar-refractivity contribution is -0.117. The Labute approximate surface area is 203 Å². The van der Waals surface area contributed by atoms with Gasteiger partial charge in [0, 0.05) is 15.5 Å². The molecular formula is C27H20BrNO5. The minimum absolute atomic E-state index is 0.0218. The van der Waals surface area contributed by atoms with Crippen LogP contribution in [0.3, 0.4) is 0 Å². The number of benzene rings is 3. The van der Waals surface area contributed by atoms with Gasteiger partial charge in [-0.25, -0.2) is 0 Å². The van der Waals surface area contributed by atoms with Gasteiger partial charge in [0.25, 0.3) is 5.91 Å². The highest BCUT2D eigenvalue weighted by atomic mass is 79.9. The minimum Gasteiger partial charge on any atom is -0.508 e. The molecule has 0 saturated heterocycles. The number of amides is 1. The number of nitrogens with zero attached hydrogens (tertiary/aromatic N) is 1. The van der Waals surface area contributed by atoms with Crippen LogP contribution in [0.4, 0.5) is 5.69 Å². The zero-order valence-electron chi connectivity index (χ0n) is 18.4. The summed E-state index contributed by atoms with van der Waals surface area (Å²) in [6.45, 7) is 3.83. The number of hydrogen-bond acceptors (Lipinski definition) is 5. The summed E-state index contributed by atoms with van der Waals surface area (Å²) in [7, 11) is 0. The predicted octanol–water partition coefficient (Wildman–Crippen LogP) is 6.30. The van der Waals surface area contributed by atoms with Crippen LogP contribution in [-0.4, -0.2) is 21.9 Å². The average molecular weight is 518 g/mol. The third kappa shape index (κ3) is 3.68. The second-order valence-electron chi connectivity index (χ2n) is 8.40. The molecule has 1 aromatic heterocycles. The van der Waals surface area contributed by atoms with Gasteiger partial charge in [0.2, 0.25) is 5.78 Å². The molecule has 6 nitrogen and oxygen atoms in total. The molecule has 0 saturated carbocycles. The van der Waals surface area contributed by atoms with E-state index < -0.39 is 23.5 Å². The van der Waals surface area contributed by atoms with Crippen LogP contribution in [0.5, 0.6) is 5.75 Å². The Morgan fingerprint density at radius 3 is 2.29 bits per heavy atom. The fourth-order valence-corrected chi connectivity index (χ4v) is 4.80. The fourth-order valence-electron chi connectivity index (χ4n) is 4.42. The number of furan rings is 1. The van der Waals surface area contributed by atoms with Crippen LogP contribution < -0.4 is 4.90 Å². The molecule has 5 rings (SSSR count). The number of aliphatic hydroxyl groups is 1. The van der Waals surface area contributed by atoms with E-state index in [2.05, 4.69) is 15.9 Å². The molecule has 1 aliphatic rings. The van der Waals surface area contributed by atoms with Crippen molar-refractivity contribution in [1.29, 1.82) is 0 Å². The number of ketones is 1. The predicted molar refractivity (Wildman–Crippen MR) is 132 cm³/mol. The molecule has 2 N–H and O–H groups in total. The summed E-state index contributed by atoms with van der Waals surface area (Å²) in [5, 5.41) is 21.4. The van der Waals surface area contributed by atoms with Gasteiger partial charge in [-0.3, -0.25) is 14.5 Å². The summed E-state index contributed by atoms with van der Waals surface area (Å²) in [5.74, 6) is -1.80. The summed E-state index contributed by atoms with van der Waals surface area (Å²) in [5.41, 5.74) is 3.44. The van der Waals surface area contributed by atoms with Gasteiger partial charge in [0.05, 0.1) is 11.6 Å². The zero-order chi connectivity index (χ0) is 24.1. The van der Waals surface area contributed by atoms with E-state index >= 15 is 0 Å². The second-order valence-corrected chi connectivity index (χ2v) is 9.32. The number of aryl methyl sites for hydroxylation is 2. The Hall–Kier alpha value is -3.84. The highest BCUT2D eigenvalue weighted by Crippen LogP contribution is 2.43. The summed E-state index contributed by atoms with van der Waals surface area (Å²) in [6, 6.07) is 17.9. The van der Waals surface area contributed by atoms with Crippen molar-refractivity contribution in [3.05, 3.63) is 105 Å². The van der Waals surface area contributed by atoms with Gasteiger partial charge in [-0.05, 0) is 79.1 Å². The highest BCUT2D eigenvalue weighted by molar-refractivity contribution is 9.10. The van der Waals surface area contributed by atoms with Crippen molar-refractivity contribution in [1.82, 2.24) is 0 Å². The summed E-state index contributed by atoms with van der Waals surface area (Å²) >= 11 is 3.41. The third-order valence-electron chi connectivity index (χ3n) is 5.85. The number of halogens is 1. The van der Waals surface area contributed by atoms with Gasteiger partial charge in [-0.1, -0.05) is 34.1 Å². The summed E-state index contributed by atoms with van der Waals surface area (Å²) in [4.78, 5) is 28.4. The molecule has 0 bridgehead atoms. The zero-order valence-corrected chi connectivity index (χ0v) is 20.0. The van der Waals surface area contributed by atoms with E-state index in [1.807, 2.05) is 38.1 Å². The van der Waals surface area contributed by atoms with Crippen LogP contribution in [0, 0.1) is 13.8 Å². The minimum atomic E-state index is -0.901. The van der Waals surface area contributed by atoms with E-state index in [1.54, 1.807) is 30.3 Å². The third-order valence-corrected chi connectivity index (χ3v) is 6.34. The Morgan fingerprint density at radius 2 is 1.62 bits per heavy atom. The first-order valence-corrected chi connectivity index (χ1v) is 11.4. The van der Waals surface area contributed by atoms with E-state index in [1.165, 1.54) is 17.0 Å². The smallest absolute Gasteiger partial charge is 0.294 e. The number of rotatable bonds is 4. The lowest BCUT2D eigenvalue weighted by atomic mass is 9.94. The number of aromatic hydroxyl groups is 1. The molecule has 2 heterocycles. The first-order valence-electron chi connectivity index (χ1n) is 10.6. The van der Waals surface area contributed by atoms with Crippen LogP contribution in [0.2, 0.25) is 0 Å². The summed E-state index contributed by atoms with van der Waals surface area (Å²) in [6.07, 6.45) is 0. The standard InChI is InChI=1S/C27H20BrNO5/c1-14-9-15(2)11-19(10-14)29-24(16-3-6-20(30)7-4-16)23(26(32)27(29)33)25(31)22-13-17-12-18(28)5-8-21(17)34-22/h3-13,24,30,32H,1-2H3. The molecule has 0 radical (unpaired) electrons. The molecule has 34 heavy (non-hydrogen) atoms. The number of aliphatic hydroxyl groups excluding tert-OH is 1. The van der Waals surface area contributed by atoms with E-state index in [4.69, 9.17) is 4.42 Å². The summed E-state index contributed by atoms with van der Waals surface area (Å²) < 4.78 is 6.61. The molecule has 7 heteroatoms. The number of hydrogen-bond donors (Lipinski definition) is 2. The maximum atomic E-state index is 13.7. The molecule has 1 amide bonds. The first kappa shape index (κ1) is 22.0. The quantitative estimate of drug-likeness (QED) is 0.310. The Morgan fingerprint density at radius 1 is 0.941 bits per heavy atom. The number of Topliss-reactive ketones (excluding diaryl/α,β-unsaturated/α-hetero) is 1. The molecular weight excluding hydrogens is 498 g/mol. The van der Waals surface area contributed by atoms with Crippen LogP contribution in [-0.2, 0) is 4.79 Å². The average Bonchev–Trinajstić information content (AvgIpc) is 3.32. The molecule has 0 aliphatic carbocycles. The van der Waals surface area contributed by atoms with E-state index in [0.717, 1.165) is 21.0 Å². The van der Waals surface area contributed by atoms with Gasteiger partial charge in [-0.2, -0.15) is 0 Å². The first-order chi connectivity index (χ1) is 16.2. The molecule has 0 fully saturated rings. The molecule has 4 aromatic rings. The normalized spacial score (nSPS) is 16.0. The van der Waals surface area contributed by atoms with Crippen LogP contribution in [0.15, 0.2) is 87.0 Å². The fraction of sp³-hybridized carbons (Fsp3) is 0.111. The number of carbonyl (C=O) groups is 2. The van der Waals surface area contributed by atoms with Crippen molar-refractivity contribution >= 4 is 44.3 Å². The van der Waals surface area contributed by atoms with Crippen molar-refractivity contribution in [3.8, 4) is 5.75 Å². The molecule has 1 unspecified atom stereocenters. The van der Waals surface area contributed by atoms with E-state index in [9.17, 15) is 19.8 Å². The van der Waals surface area contributed by atoms with Gasteiger partial charge in [-0.15, -0.1) is 0 Å². The number of phenols is 1. The van der Waals surface area contributed by atoms with Crippen LogP contribution in [0.1, 0.15) is 33.3 Å². The van der Waals surface area contributed by atoms with Gasteiger partial charge in [0.15, 0.2) is 11.5 Å². The molecule has 1 aliphatic heterocycles. The Bertz CT molecular complexity index is 1480. The van der Waals surface area contributed by atoms with Gasteiger partial charge in [0.1, 0.15) is 11.3 Å². The van der Waals surface area contributed by atoms with Crippen molar-refractivity contribution in [2.75, 3.05) is 4.90 Å². The second kappa shape index (κ2) is 8.18. The molecule has 3 aromatic carbocycles. The van der Waals surface area contributed by atoms with Crippen molar-refractivity contribution in [2.24, 2.45) is 0 Å². The van der Waals surface area contributed by atoms with Gasteiger partial charge < -0.3 is 14.6 Å². The molecule has 1 atom stereocenters. The van der Waals surface area contributed by atoms with Crippen molar-refractivity contribution in [3.63, 3.8) is 0 Å². The van der Waals surface area contributed by atoms with Gasteiger partial charge >= 0.3 is 0 Å². The lowest BCUT2D eigenvalue weighted by Gasteiger charge is -2.27. The number of anilines is 1. The lowest BCUT2D eigenvalue weighted by Crippen LogP contribution is -2.31. The molecule has 170 valence electrons. The highest BCUT2D eigenvalue weighted by Gasteiger charge is 2.45. The number of carbonyl (C=O) groups excluding carboxylic acids is 2. The maximum Gasteiger partial charge on any atom is 0.294 e. The SMILES string of the molecule is Cc1cc(C)cc(N2C(=O)C(O)=C(C(=O)c3cc4cc(Br)ccc4o3)C2c2ccc(O)cc2)c1. The van der Waals surface area contributed by atoms with E-state index in [-0.39, 0.29) is 17.1 Å². The van der Waals surface area contributed by atoms with E-state index in [0.29, 0.717) is 16.8 Å². The van der Waals surface area contributed by atoms with Crippen molar-refractivity contribution < 1.29 is 24.2 Å². The Balaban J connectivity index is 1.67. The topological polar surface area (TPSA) is 91.0 Å². The number of phenolic OH excluding ortho intramolecular Hbond substituents is 1.